The van der Waals surface area contributed by atoms with Crippen molar-refractivity contribution >= 4 is 31.9 Å². The van der Waals surface area contributed by atoms with Gasteiger partial charge in [0.2, 0.25) is 10.0 Å². The van der Waals surface area contributed by atoms with Gasteiger partial charge in [-0.3, -0.25) is 0 Å². The Morgan fingerprint density at radius 1 is 1.30 bits per heavy atom. The molecule has 7 heteroatoms. The van der Waals surface area contributed by atoms with Crippen LogP contribution in [0.4, 0.5) is 0 Å². The van der Waals surface area contributed by atoms with Gasteiger partial charge < -0.3 is 5.11 Å². The maximum absolute atomic E-state index is 12.1. The van der Waals surface area contributed by atoms with E-state index in [1.807, 2.05) is 0 Å². The number of benzene rings is 1. The molecule has 0 atom stereocenters. The molecule has 0 aliphatic heterocycles. The molecule has 0 spiro atoms. The van der Waals surface area contributed by atoms with Crippen LogP contribution < -0.4 is 4.72 Å². The predicted octanol–water partition coefficient (Wildman–Crippen LogP) is 3.01. The van der Waals surface area contributed by atoms with Crippen LogP contribution in [0.2, 0.25) is 0 Å². The summed E-state index contributed by atoms with van der Waals surface area (Å²) in [6.07, 6.45) is 3.89. The fourth-order valence-electron chi connectivity index (χ4n) is 1.68. The molecule has 1 aromatic carbocycles. The Labute approximate surface area is 127 Å². The molecule has 0 saturated heterocycles. The van der Waals surface area contributed by atoms with Crippen LogP contribution in [-0.4, -0.2) is 26.0 Å². The van der Waals surface area contributed by atoms with Gasteiger partial charge in [-0.2, -0.15) is 0 Å². The molecule has 2 N–H and O–H groups in total. The van der Waals surface area contributed by atoms with Crippen LogP contribution in [0.3, 0.4) is 0 Å². The van der Waals surface area contributed by atoms with E-state index in [1.165, 1.54) is 12.1 Å². The number of halogens is 1. The molecule has 112 valence electrons. The zero-order chi connectivity index (χ0) is 15.2. The van der Waals surface area contributed by atoms with Gasteiger partial charge in [0.25, 0.3) is 0 Å². The maximum Gasteiger partial charge on any atom is 0.335 e. The average molecular weight is 364 g/mol. The standard InChI is InChI=1S/C13H18BrNO4S/c1-2-3-4-5-8-15-20(18,19)12-9-10(13(16)17)6-7-11(12)14/h6-7,9,15H,2-5,8H2,1H3,(H,16,17). The summed E-state index contributed by atoms with van der Waals surface area (Å²) in [6.45, 7) is 2.44. The fraction of sp³-hybridized carbons (Fsp3) is 0.462. The summed E-state index contributed by atoms with van der Waals surface area (Å²) in [5.41, 5.74) is -0.0560. The Balaban J connectivity index is 2.81. The summed E-state index contributed by atoms with van der Waals surface area (Å²) in [5.74, 6) is -1.16. The second-order valence-electron chi connectivity index (χ2n) is 4.41. The lowest BCUT2D eigenvalue weighted by molar-refractivity contribution is 0.0696. The van der Waals surface area contributed by atoms with Crippen molar-refractivity contribution in [2.75, 3.05) is 6.54 Å². The molecule has 1 rings (SSSR count). The second kappa shape index (κ2) is 7.75. The van der Waals surface area contributed by atoms with Crippen molar-refractivity contribution in [2.45, 2.75) is 37.5 Å². The first-order valence-corrected chi connectivity index (χ1v) is 8.68. The van der Waals surface area contributed by atoms with Crippen molar-refractivity contribution in [3.05, 3.63) is 28.2 Å². The number of aromatic carboxylic acids is 1. The van der Waals surface area contributed by atoms with Gasteiger partial charge in [0.1, 0.15) is 0 Å². The molecule has 1 aromatic rings. The monoisotopic (exact) mass is 363 g/mol. The van der Waals surface area contributed by atoms with Gasteiger partial charge in [0.05, 0.1) is 10.5 Å². The molecule has 0 heterocycles. The van der Waals surface area contributed by atoms with Crippen molar-refractivity contribution in [2.24, 2.45) is 0 Å². The SMILES string of the molecule is CCCCCCNS(=O)(=O)c1cc(C(=O)O)ccc1Br. The van der Waals surface area contributed by atoms with Crippen LogP contribution in [0, 0.1) is 0 Å². The lowest BCUT2D eigenvalue weighted by Crippen LogP contribution is -2.25. The number of unbranched alkanes of at least 4 members (excludes halogenated alkanes) is 3. The van der Waals surface area contributed by atoms with Crippen molar-refractivity contribution in [3.8, 4) is 0 Å². The quantitative estimate of drug-likeness (QED) is 0.695. The van der Waals surface area contributed by atoms with E-state index in [-0.39, 0.29) is 10.5 Å². The number of carboxylic acids is 1. The summed E-state index contributed by atoms with van der Waals surface area (Å²) in [7, 11) is -3.69. The molecule has 0 bridgehead atoms. The van der Waals surface area contributed by atoms with E-state index in [9.17, 15) is 13.2 Å². The first-order chi connectivity index (χ1) is 9.38. The van der Waals surface area contributed by atoms with Crippen molar-refractivity contribution in [1.82, 2.24) is 4.72 Å². The van der Waals surface area contributed by atoms with E-state index in [0.29, 0.717) is 11.0 Å². The first-order valence-electron chi connectivity index (χ1n) is 6.41. The van der Waals surface area contributed by atoms with Gasteiger partial charge in [-0.15, -0.1) is 0 Å². The van der Waals surface area contributed by atoms with E-state index >= 15 is 0 Å². The highest BCUT2D eigenvalue weighted by Crippen LogP contribution is 2.23. The molecule has 0 saturated carbocycles. The third-order valence-electron chi connectivity index (χ3n) is 2.79. The smallest absolute Gasteiger partial charge is 0.335 e. The van der Waals surface area contributed by atoms with Gasteiger partial charge in [0.15, 0.2) is 0 Å². The van der Waals surface area contributed by atoms with E-state index in [0.717, 1.165) is 31.7 Å². The Hall–Kier alpha value is -0.920. The molecular formula is C13H18BrNO4S. The molecule has 0 radical (unpaired) electrons. The normalized spacial score (nSPS) is 11.5. The molecule has 5 nitrogen and oxygen atoms in total. The average Bonchev–Trinajstić information content (AvgIpc) is 2.38. The molecule has 0 aliphatic rings. The summed E-state index contributed by atoms with van der Waals surface area (Å²) in [5, 5.41) is 8.91. The van der Waals surface area contributed by atoms with Crippen molar-refractivity contribution in [3.63, 3.8) is 0 Å². The minimum Gasteiger partial charge on any atom is -0.478 e. The Morgan fingerprint density at radius 2 is 2.00 bits per heavy atom. The molecule has 0 fully saturated rings. The topological polar surface area (TPSA) is 83.5 Å². The van der Waals surface area contributed by atoms with Gasteiger partial charge >= 0.3 is 5.97 Å². The number of hydrogen-bond donors (Lipinski definition) is 2. The zero-order valence-corrected chi connectivity index (χ0v) is 13.6. The molecule has 0 aromatic heterocycles. The number of carboxylic acid groups (broad SMARTS) is 1. The highest BCUT2D eigenvalue weighted by atomic mass is 79.9. The Kier molecular flexibility index (Phi) is 6.64. The largest absolute Gasteiger partial charge is 0.478 e. The number of hydrogen-bond acceptors (Lipinski definition) is 3. The Morgan fingerprint density at radius 3 is 2.60 bits per heavy atom. The summed E-state index contributed by atoms with van der Waals surface area (Å²) >= 11 is 3.14. The van der Waals surface area contributed by atoms with Crippen LogP contribution in [0.1, 0.15) is 43.0 Å². The maximum atomic E-state index is 12.1. The predicted molar refractivity (Wildman–Crippen MR) is 80.4 cm³/mol. The van der Waals surface area contributed by atoms with Crippen LogP contribution in [0.5, 0.6) is 0 Å². The highest BCUT2D eigenvalue weighted by Gasteiger charge is 2.19. The van der Waals surface area contributed by atoms with Crippen LogP contribution in [-0.2, 0) is 10.0 Å². The lowest BCUT2D eigenvalue weighted by atomic mass is 10.2. The number of carbonyl (C=O) groups is 1. The van der Waals surface area contributed by atoms with Gasteiger partial charge in [-0.05, 0) is 40.5 Å². The highest BCUT2D eigenvalue weighted by molar-refractivity contribution is 9.10. The van der Waals surface area contributed by atoms with Crippen LogP contribution >= 0.6 is 15.9 Å². The van der Waals surface area contributed by atoms with Gasteiger partial charge in [-0.25, -0.2) is 17.9 Å². The molecule has 0 aliphatic carbocycles. The van der Waals surface area contributed by atoms with Crippen molar-refractivity contribution in [1.29, 1.82) is 0 Å². The number of sulfonamides is 1. The first kappa shape index (κ1) is 17.1. The zero-order valence-electron chi connectivity index (χ0n) is 11.2. The molecular weight excluding hydrogens is 346 g/mol. The van der Waals surface area contributed by atoms with Crippen molar-refractivity contribution < 1.29 is 18.3 Å². The molecule has 0 unspecified atom stereocenters. The fourth-order valence-corrected chi connectivity index (χ4v) is 3.74. The summed E-state index contributed by atoms with van der Waals surface area (Å²) < 4.78 is 27.1. The summed E-state index contributed by atoms with van der Waals surface area (Å²) in [6, 6.07) is 3.93. The second-order valence-corrected chi connectivity index (χ2v) is 7.00. The van der Waals surface area contributed by atoms with Crippen LogP contribution in [0.15, 0.2) is 27.6 Å². The molecule has 20 heavy (non-hydrogen) atoms. The van der Waals surface area contributed by atoms with Gasteiger partial charge in [-0.1, -0.05) is 26.2 Å². The van der Waals surface area contributed by atoms with E-state index in [1.54, 1.807) is 0 Å². The van der Waals surface area contributed by atoms with Gasteiger partial charge in [0, 0.05) is 11.0 Å². The number of rotatable bonds is 8. The van der Waals surface area contributed by atoms with Crippen LogP contribution in [0.25, 0.3) is 0 Å². The Bertz CT molecular complexity index is 572. The summed E-state index contributed by atoms with van der Waals surface area (Å²) in [4.78, 5) is 10.8. The van der Waals surface area contributed by atoms with E-state index < -0.39 is 16.0 Å². The van der Waals surface area contributed by atoms with E-state index in [2.05, 4.69) is 27.6 Å². The van der Waals surface area contributed by atoms with E-state index in [4.69, 9.17) is 5.11 Å². The lowest BCUT2D eigenvalue weighted by Gasteiger charge is -2.09. The third-order valence-corrected chi connectivity index (χ3v) is 5.24. The minimum absolute atomic E-state index is 0.0482. The third kappa shape index (κ3) is 4.88. The minimum atomic E-state index is -3.69. The number of nitrogens with one attached hydrogen (secondary N) is 1. The molecule has 0 amide bonds.